The third-order valence-corrected chi connectivity index (χ3v) is 5.59. The lowest BCUT2D eigenvalue weighted by Crippen LogP contribution is -2.47. The van der Waals surface area contributed by atoms with E-state index < -0.39 is 29.7 Å². The van der Waals surface area contributed by atoms with Crippen molar-refractivity contribution in [2.75, 3.05) is 26.9 Å². The first-order valence-corrected chi connectivity index (χ1v) is 11.5. The fourth-order valence-electron chi connectivity index (χ4n) is 3.66. The first-order valence-electron chi connectivity index (χ1n) is 11.5. The van der Waals surface area contributed by atoms with Crippen molar-refractivity contribution in [3.63, 3.8) is 0 Å². The highest BCUT2D eigenvalue weighted by Gasteiger charge is 2.32. The number of hydrogen-bond donors (Lipinski definition) is 2. The van der Waals surface area contributed by atoms with Gasteiger partial charge in [0.25, 0.3) is 0 Å². The molecular formula is C24H34BN2O7. The lowest BCUT2D eigenvalue weighted by atomic mass is 9.74. The van der Waals surface area contributed by atoms with Crippen molar-refractivity contribution in [1.82, 2.24) is 5.32 Å². The van der Waals surface area contributed by atoms with Crippen LogP contribution in [0.15, 0.2) is 24.3 Å². The molecule has 0 saturated heterocycles. The zero-order valence-corrected chi connectivity index (χ0v) is 20.1. The van der Waals surface area contributed by atoms with Gasteiger partial charge in [-0.15, -0.1) is 0 Å². The third kappa shape index (κ3) is 8.81. The Hall–Kier alpha value is -2.88. The number of carbonyl (C=O) groups is 3. The van der Waals surface area contributed by atoms with Crippen LogP contribution in [0.25, 0.3) is 0 Å². The highest BCUT2D eigenvalue weighted by atomic mass is 16.5. The van der Waals surface area contributed by atoms with Crippen LogP contribution in [0.4, 0.5) is 0 Å². The summed E-state index contributed by atoms with van der Waals surface area (Å²) < 4.78 is 21.2. The van der Waals surface area contributed by atoms with Gasteiger partial charge in [0.1, 0.15) is 12.2 Å². The van der Waals surface area contributed by atoms with E-state index in [9.17, 15) is 14.4 Å². The van der Waals surface area contributed by atoms with Crippen LogP contribution in [0.3, 0.4) is 0 Å². The van der Waals surface area contributed by atoms with E-state index in [0.29, 0.717) is 19.6 Å². The van der Waals surface area contributed by atoms with Gasteiger partial charge in [-0.1, -0.05) is 26.0 Å². The van der Waals surface area contributed by atoms with Crippen molar-refractivity contribution in [2.24, 2.45) is 11.8 Å². The maximum atomic E-state index is 13.1. The Kier molecular flexibility index (Phi) is 11.6. The molecule has 1 aromatic rings. The maximum absolute atomic E-state index is 13.1. The minimum atomic E-state index is -0.798. The van der Waals surface area contributed by atoms with Crippen molar-refractivity contribution in [2.45, 2.75) is 51.4 Å². The lowest BCUT2D eigenvalue weighted by Gasteiger charge is -2.25. The van der Waals surface area contributed by atoms with Crippen LogP contribution in [0.2, 0.25) is 5.82 Å². The summed E-state index contributed by atoms with van der Waals surface area (Å²) in [4.78, 5) is 38.5. The third-order valence-electron chi connectivity index (χ3n) is 5.59. The molecule has 1 radical (unpaired) electrons. The number of amides is 1. The smallest absolute Gasteiger partial charge is 0.384 e. The second-order valence-corrected chi connectivity index (χ2v) is 8.60. The predicted octanol–water partition coefficient (Wildman–Crippen LogP) is 2.34. The maximum Gasteiger partial charge on any atom is 0.384 e. The highest BCUT2D eigenvalue weighted by Crippen LogP contribution is 2.20. The Balaban J connectivity index is 2.26. The normalized spacial score (nSPS) is 23.0. The van der Waals surface area contributed by atoms with Gasteiger partial charge < -0.3 is 24.2 Å². The van der Waals surface area contributed by atoms with Gasteiger partial charge in [0.2, 0.25) is 5.91 Å². The molecule has 1 aromatic carbocycles. The van der Waals surface area contributed by atoms with Crippen molar-refractivity contribution in [1.29, 1.82) is 5.41 Å². The molecule has 10 heteroatoms. The molecule has 9 nitrogen and oxygen atoms in total. The Morgan fingerprint density at radius 3 is 2.53 bits per heavy atom. The summed E-state index contributed by atoms with van der Waals surface area (Å²) >= 11 is 0. The number of nitrogens with one attached hydrogen (secondary N) is 2. The number of ketones is 1. The molecule has 0 saturated carbocycles. The molecule has 2 aliphatic rings. The van der Waals surface area contributed by atoms with Crippen molar-refractivity contribution in [3.05, 3.63) is 29.8 Å². The van der Waals surface area contributed by atoms with Crippen LogP contribution in [0.1, 0.15) is 38.7 Å². The number of hydrogen-bond acceptors (Lipinski definition) is 8. The number of Topliss-reactive ketones (excluding diaryl/α,β-unsaturated/α-hetero) is 1. The van der Waals surface area contributed by atoms with E-state index in [1.807, 2.05) is 38.1 Å². The second kappa shape index (κ2) is 14.4. The largest absolute Gasteiger partial charge is 0.555 e. The number of benzene rings is 1. The molecule has 0 spiro atoms. The zero-order chi connectivity index (χ0) is 24.9. The molecular weight excluding hydrogens is 439 g/mol. The number of ether oxygens (including phenoxy) is 3. The number of carbonyl (C=O) groups excluding carboxylic acids is 3. The van der Waals surface area contributed by atoms with E-state index in [-0.39, 0.29) is 24.7 Å². The SMILES string of the molecule is COC(=O)[C@@H]1COCCCCOc2ccc(cc2)C[C@H]([B]OC=N)C(=O)N[C@@H](C(C)C)C(=O)C1. The Morgan fingerprint density at radius 1 is 1.18 bits per heavy atom. The number of rotatable bonds is 5. The summed E-state index contributed by atoms with van der Waals surface area (Å²) in [7, 11) is 2.55. The molecule has 2 aliphatic heterocycles. The molecule has 185 valence electrons. The summed E-state index contributed by atoms with van der Waals surface area (Å²) in [6.07, 6.45) is 2.47. The molecule has 2 N–H and O–H groups in total. The van der Waals surface area contributed by atoms with Crippen LogP contribution in [-0.2, 0) is 34.9 Å². The standard InChI is InChI=1S/C24H34BN2O7/c1-16(2)22-21(28)13-18(24(30)31-3)14-32-10-4-5-11-33-19-8-6-17(7-9-19)12-20(23(29)27-22)25-34-15-26/h6-9,15-16,18,20,22,26H,4-5,10-14H2,1-3H3,(H,27,29)/t18-,20-,22-/m0/s1. The Bertz CT molecular complexity index is 816. The topological polar surface area (TPSA) is 124 Å². The van der Waals surface area contributed by atoms with Gasteiger partial charge in [0, 0.05) is 13.0 Å². The predicted molar refractivity (Wildman–Crippen MR) is 127 cm³/mol. The van der Waals surface area contributed by atoms with E-state index in [0.717, 1.165) is 30.6 Å². The van der Waals surface area contributed by atoms with Crippen molar-refractivity contribution < 1.29 is 33.2 Å². The summed E-state index contributed by atoms with van der Waals surface area (Å²) in [5.74, 6) is -2.17. The van der Waals surface area contributed by atoms with Gasteiger partial charge in [-0.05, 0) is 42.9 Å². The molecule has 3 rings (SSSR count). The molecule has 3 atom stereocenters. The van der Waals surface area contributed by atoms with Crippen LogP contribution >= 0.6 is 0 Å². The van der Waals surface area contributed by atoms with Crippen molar-refractivity contribution >= 4 is 31.5 Å². The van der Waals surface area contributed by atoms with E-state index in [4.69, 9.17) is 24.3 Å². The Labute approximate surface area is 201 Å². The Morgan fingerprint density at radius 2 is 1.88 bits per heavy atom. The van der Waals surface area contributed by atoms with E-state index in [2.05, 4.69) is 5.32 Å². The van der Waals surface area contributed by atoms with E-state index in [1.165, 1.54) is 14.6 Å². The lowest BCUT2D eigenvalue weighted by molar-refractivity contribution is -0.150. The van der Waals surface area contributed by atoms with Gasteiger partial charge in [0.15, 0.2) is 5.78 Å². The van der Waals surface area contributed by atoms with Gasteiger partial charge in [-0.2, -0.15) is 0 Å². The summed E-state index contributed by atoms with van der Waals surface area (Å²) in [6.45, 7) is 4.66. The van der Waals surface area contributed by atoms with E-state index in [1.54, 1.807) is 0 Å². The first kappa shape index (κ1) is 27.4. The monoisotopic (exact) mass is 473 g/mol. The molecule has 2 bridgehead atoms. The fraction of sp³-hybridized carbons (Fsp3) is 0.583. The van der Waals surface area contributed by atoms with Crippen LogP contribution in [0.5, 0.6) is 5.75 Å². The fourth-order valence-corrected chi connectivity index (χ4v) is 3.66. The molecule has 0 aliphatic carbocycles. The molecule has 0 unspecified atom stereocenters. The first-order chi connectivity index (χ1) is 16.3. The minimum absolute atomic E-state index is 0.0583. The minimum Gasteiger partial charge on any atom is -0.555 e. The van der Waals surface area contributed by atoms with Crippen LogP contribution in [-0.4, -0.2) is 64.5 Å². The molecule has 1 amide bonds. The van der Waals surface area contributed by atoms with Crippen LogP contribution in [0, 0.1) is 17.2 Å². The van der Waals surface area contributed by atoms with Gasteiger partial charge in [-0.3, -0.25) is 19.8 Å². The average molecular weight is 473 g/mol. The average Bonchev–Trinajstić information content (AvgIpc) is 2.83. The summed E-state index contributed by atoms with van der Waals surface area (Å²) in [6, 6.07) is 6.63. The summed E-state index contributed by atoms with van der Waals surface area (Å²) in [5.41, 5.74) is 0.877. The molecule has 0 fully saturated rings. The van der Waals surface area contributed by atoms with Gasteiger partial charge >= 0.3 is 13.5 Å². The van der Waals surface area contributed by atoms with Gasteiger partial charge in [0.05, 0.1) is 38.1 Å². The summed E-state index contributed by atoms with van der Waals surface area (Å²) in [5, 5.41) is 9.95. The highest BCUT2D eigenvalue weighted by molar-refractivity contribution is 6.39. The number of esters is 1. The van der Waals surface area contributed by atoms with Gasteiger partial charge in [-0.25, -0.2) is 0 Å². The molecule has 0 aromatic heterocycles. The van der Waals surface area contributed by atoms with E-state index >= 15 is 0 Å². The van der Waals surface area contributed by atoms with Crippen LogP contribution < -0.4 is 10.1 Å². The molecule has 2 heterocycles. The molecule has 34 heavy (non-hydrogen) atoms. The second-order valence-electron chi connectivity index (χ2n) is 8.60. The number of methoxy groups -OCH3 is 1. The quantitative estimate of drug-likeness (QED) is 0.291. The zero-order valence-electron chi connectivity index (χ0n) is 20.1. The number of fused-ring (bicyclic) bond motifs is 16. The van der Waals surface area contributed by atoms with Crippen molar-refractivity contribution in [3.8, 4) is 5.75 Å².